The fraction of sp³-hybridized carbons (Fsp3) is 1.00. The number of hydrogen-bond acceptors (Lipinski definition) is 21. The molecular weight excluding hydrogens is 420 g/mol. The first kappa shape index (κ1) is 28.2. The van der Waals surface area contributed by atoms with Crippen molar-refractivity contribution in [3.05, 3.63) is 0 Å². The second-order valence-corrected chi connectivity index (χ2v) is 5.25. The molecule has 0 bridgehead atoms. The smallest absolute Gasteiger partial charge is 0.146 e. The zero-order valence-corrected chi connectivity index (χ0v) is 14.9. The third kappa shape index (κ3) is 13.1. The van der Waals surface area contributed by atoms with E-state index < -0.39 is 58.0 Å². The molecule has 176 valence electrons. The molecule has 0 radical (unpaired) electrons. The first-order chi connectivity index (χ1) is 13.3. The van der Waals surface area contributed by atoms with Gasteiger partial charge in [-0.1, -0.05) is 0 Å². The molecule has 0 amide bonds. The summed E-state index contributed by atoms with van der Waals surface area (Å²) in [5.41, 5.74) is 0. The summed E-state index contributed by atoms with van der Waals surface area (Å²) in [5, 5.41) is 84.4. The molecule has 0 rings (SSSR count). The monoisotopic (exact) mass is 444 g/mol. The van der Waals surface area contributed by atoms with E-state index in [0.717, 1.165) is 0 Å². The molecule has 0 saturated heterocycles. The van der Waals surface area contributed by atoms with Gasteiger partial charge in [0.25, 0.3) is 0 Å². The minimum absolute atomic E-state index is 0.311. The third-order valence-corrected chi connectivity index (χ3v) is 2.85. The molecule has 0 spiro atoms. The van der Waals surface area contributed by atoms with Crippen LogP contribution < -0.4 is 0 Å². The molecule has 0 fully saturated rings. The van der Waals surface area contributed by atoms with Gasteiger partial charge in [-0.15, -0.1) is 0 Å². The zero-order chi connectivity index (χ0) is 22.7. The maximum atomic E-state index is 9.00. The molecule has 0 heterocycles. The second kappa shape index (κ2) is 14.2. The fourth-order valence-corrected chi connectivity index (χ4v) is 2.02. The third-order valence-electron chi connectivity index (χ3n) is 2.85. The highest BCUT2D eigenvalue weighted by Gasteiger charge is 2.44. The molecule has 29 heavy (non-hydrogen) atoms. The van der Waals surface area contributed by atoms with Crippen LogP contribution in [0.4, 0.5) is 0 Å². The van der Waals surface area contributed by atoms with Crippen LogP contribution in [-0.2, 0) is 24.2 Å². The lowest BCUT2D eigenvalue weighted by Crippen LogP contribution is -2.57. The molecule has 4 atom stereocenters. The summed E-state index contributed by atoms with van der Waals surface area (Å²) in [5.74, 6) is 0. The van der Waals surface area contributed by atoms with Crippen molar-refractivity contribution < 1.29 is 76.3 Å². The van der Waals surface area contributed by atoms with E-state index in [4.69, 9.17) is 52.1 Å². The number of nitrogens with zero attached hydrogens (tertiary/aromatic N) is 6. The maximum absolute atomic E-state index is 9.00. The van der Waals surface area contributed by atoms with Crippen LogP contribution in [0.15, 0.2) is 0 Å². The van der Waals surface area contributed by atoms with E-state index in [2.05, 4.69) is 24.2 Å². The van der Waals surface area contributed by atoms with Gasteiger partial charge in [-0.3, -0.25) is 52.1 Å². The molecule has 0 aliphatic rings. The van der Waals surface area contributed by atoms with Gasteiger partial charge in [-0.25, -0.2) is 24.2 Å². The van der Waals surface area contributed by atoms with Crippen LogP contribution in [0.2, 0.25) is 0 Å². The SMILES string of the molecule is CN(C)C[C@H](ON(O)O)[C@@H](ON(O)O)[C@H](ON(O)O)[C@@H](CON(O)O)ON(O)O. The van der Waals surface area contributed by atoms with Gasteiger partial charge < -0.3 is 4.90 Å². The van der Waals surface area contributed by atoms with Crippen molar-refractivity contribution >= 4 is 0 Å². The predicted octanol–water partition coefficient (Wildman–Crippen LogP) is -2.92. The van der Waals surface area contributed by atoms with E-state index in [0.29, 0.717) is 0 Å². The Balaban J connectivity index is 6.01. The molecule has 0 unspecified atom stereocenters. The average Bonchev–Trinajstić information content (AvgIpc) is 2.52. The lowest BCUT2D eigenvalue weighted by molar-refractivity contribution is -0.576. The molecule has 10 N–H and O–H groups in total. The van der Waals surface area contributed by atoms with Crippen molar-refractivity contribution in [2.45, 2.75) is 24.4 Å². The van der Waals surface area contributed by atoms with Crippen LogP contribution in [0.3, 0.4) is 0 Å². The second-order valence-electron chi connectivity index (χ2n) is 5.25. The Labute approximate surface area is 161 Å². The highest BCUT2D eigenvalue weighted by Crippen LogP contribution is 2.21. The van der Waals surface area contributed by atoms with Gasteiger partial charge in [0.15, 0.2) is 0 Å². The first-order valence-electron chi connectivity index (χ1n) is 7.17. The molecule has 0 aliphatic carbocycles. The number of rotatable bonds is 16. The summed E-state index contributed by atoms with van der Waals surface area (Å²) < 4.78 is 0. The van der Waals surface area contributed by atoms with Crippen molar-refractivity contribution in [3.63, 3.8) is 0 Å². The molecule has 0 aromatic carbocycles. The quantitative estimate of drug-likeness (QED) is 0.107. The molecule has 0 aromatic rings. The highest BCUT2D eigenvalue weighted by atomic mass is 17.1. The minimum Gasteiger partial charge on any atom is -0.307 e. The molecule has 0 aliphatic heterocycles. The van der Waals surface area contributed by atoms with Crippen molar-refractivity contribution in [1.82, 2.24) is 31.8 Å². The van der Waals surface area contributed by atoms with E-state index in [9.17, 15) is 0 Å². The Morgan fingerprint density at radius 2 is 0.931 bits per heavy atom. The highest BCUT2D eigenvalue weighted by molar-refractivity contribution is 4.85. The summed E-state index contributed by atoms with van der Waals surface area (Å²) in [6.45, 7) is -1.37. The van der Waals surface area contributed by atoms with Crippen LogP contribution in [-0.4, -0.2) is 136 Å². The van der Waals surface area contributed by atoms with Gasteiger partial charge in [0.2, 0.25) is 0 Å². The summed E-state index contributed by atoms with van der Waals surface area (Å²) in [6.07, 6.45) is -7.78. The first-order valence-corrected chi connectivity index (χ1v) is 7.17. The van der Waals surface area contributed by atoms with E-state index in [1.165, 1.54) is 19.0 Å². The minimum atomic E-state index is -2.11. The van der Waals surface area contributed by atoms with Crippen LogP contribution in [0.1, 0.15) is 0 Å². The molecular formula is C8H24N6O15. The standard InChI is InChI=1S/C8H24N6O15/c1-9(2)3-5(26-11(17)18)7(28-13(21)22)8(29-14(23)24)6(27-12(19)20)4-25-10(15)16/h5-8,15-24H,3-4H2,1-2H3/t5-,6+,7+,8+/m0/s1. The average molecular weight is 444 g/mol. The topological polar surface area (TPSA) is 268 Å². The maximum Gasteiger partial charge on any atom is 0.146 e. The number of hydrogen-bond donors (Lipinski definition) is 10. The largest absolute Gasteiger partial charge is 0.307 e. The van der Waals surface area contributed by atoms with Crippen LogP contribution >= 0.6 is 0 Å². The summed E-state index contributed by atoms with van der Waals surface area (Å²) in [7, 11) is 2.91. The van der Waals surface area contributed by atoms with Crippen molar-refractivity contribution in [1.29, 1.82) is 0 Å². The normalized spacial score (nSPS) is 17.2. The van der Waals surface area contributed by atoms with Gasteiger partial charge in [-0.05, 0) is 14.1 Å². The van der Waals surface area contributed by atoms with E-state index >= 15 is 0 Å². The Bertz CT molecular complexity index is 406. The van der Waals surface area contributed by atoms with Gasteiger partial charge in [0, 0.05) is 6.54 Å². The van der Waals surface area contributed by atoms with Crippen LogP contribution in [0.25, 0.3) is 0 Å². The van der Waals surface area contributed by atoms with Gasteiger partial charge in [-0.2, -0.15) is 0 Å². The lowest BCUT2D eigenvalue weighted by atomic mass is 10.0. The predicted molar refractivity (Wildman–Crippen MR) is 71.1 cm³/mol. The summed E-state index contributed by atoms with van der Waals surface area (Å²) >= 11 is 0. The summed E-state index contributed by atoms with van der Waals surface area (Å²) in [4.78, 5) is 23.6. The van der Waals surface area contributed by atoms with Crippen LogP contribution in [0, 0.1) is 0 Å². The Kier molecular flexibility index (Phi) is 13.8. The molecule has 21 nitrogen and oxygen atoms in total. The molecule has 0 saturated carbocycles. The van der Waals surface area contributed by atoms with E-state index in [1.807, 2.05) is 0 Å². The van der Waals surface area contributed by atoms with Crippen molar-refractivity contribution in [3.8, 4) is 0 Å². The van der Waals surface area contributed by atoms with E-state index in [1.54, 1.807) is 0 Å². The van der Waals surface area contributed by atoms with Crippen molar-refractivity contribution in [2.75, 3.05) is 27.2 Å². The Morgan fingerprint density at radius 1 is 0.552 bits per heavy atom. The van der Waals surface area contributed by atoms with Gasteiger partial charge in [0.1, 0.15) is 31.0 Å². The summed E-state index contributed by atoms with van der Waals surface area (Å²) in [6, 6.07) is 0. The van der Waals surface area contributed by atoms with Gasteiger partial charge >= 0.3 is 0 Å². The zero-order valence-electron chi connectivity index (χ0n) is 14.9. The molecule has 0 aromatic heterocycles. The lowest BCUT2D eigenvalue weighted by Gasteiger charge is -2.37. The Morgan fingerprint density at radius 3 is 1.28 bits per heavy atom. The number of likely N-dealkylation sites (N-methyl/N-ethyl adjacent to an activating group) is 1. The van der Waals surface area contributed by atoms with Crippen LogP contribution in [0.5, 0.6) is 0 Å². The fourth-order valence-electron chi connectivity index (χ4n) is 2.02. The van der Waals surface area contributed by atoms with Crippen molar-refractivity contribution in [2.24, 2.45) is 0 Å². The Hall–Kier alpha value is -0.840. The van der Waals surface area contributed by atoms with E-state index in [-0.39, 0.29) is 6.54 Å². The van der Waals surface area contributed by atoms with Gasteiger partial charge in [0.05, 0.1) is 26.9 Å². The molecule has 21 heteroatoms.